The average molecular weight is 292 g/mol. The van der Waals surface area contributed by atoms with Gasteiger partial charge in [0.1, 0.15) is 5.60 Å². The Morgan fingerprint density at radius 1 is 1.43 bits per heavy atom. The van der Waals surface area contributed by atoms with Crippen LogP contribution in [0.5, 0.6) is 0 Å². The Hall–Kier alpha value is -1.59. The van der Waals surface area contributed by atoms with E-state index in [9.17, 15) is 9.90 Å². The van der Waals surface area contributed by atoms with Crippen LogP contribution in [0.4, 0.5) is 4.79 Å². The molecular formula is C16H24N2O3. The number of ether oxygens (including phenoxy) is 1. The largest absolute Gasteiger partial charge is 0.444 e. The first-order valence-corrected chi connectivity index (χ1v) is 7.26. The molecule has 1 aromatic rings. The van der Waals surface area contributed by atoms with E-state index in [1.165, 1.54) is 0 Å². The number of hydrogen-bond acceptors (Lipinski definition) is 4. The Kier molecular flexibility index (Phi) is 4.54. The lowest BCUT2D eigenvalue weighted by Crippen LogP contribution is -2.53. The van der Waals surface area contributed by atoms with Crippen LogP contribution in [0.15, 0.2) is 24.3 Å². The number of nitrogens with two attached hydrogens (primary N) is 1. The highest BCUT2D eigenvalue weighted by Gasteiger charge is 2.36. The average Bonchev–Trinajstić information content (AvgIpc) is 2.43. The van der Waals surface area contributed by atoms with Gasteiger partial charge in [-0.1, -0.05) is 24.3 Å². The Bertz CT molecular complexity index is 510. The van der Waals surface area contributed by atoms with E-state index in [0.29, 0.717) is 13.0 Å². The molecule has 1 amide bonds. The van der Waals surface area contributed by atoms with Crippen molar-refractivity contribution in [3.8, 4) is 0 Å². The van der Waals surface area contributed by atoms with Gasteiger partial charge in [0, 0.05) is 13.1 Å². The second kappa shape index (κ2) is 6.03. The molecule has 0 saturated carbocycles. The number of fused-ring (bicyclic) bond motifs is 1. The fourth-order valence-electron chi connectivity index (χ4n) is 2.57. The van der Waals surface area contributed by atoms with Crippen LogP contribution in [0.2, 0.25) is 0 Å². The van der Waals surface area contributed by atoms with E-state index in [4.69, 9.17) is 10.5 Å². The lowest BCUT2D eigenvalue weighted by Gasteiger charge is -2.39. The molecule has 21 heavy (non-hydrogen) atoms. The van der Waals surface area contributed by atoms with Crippen molar-refractivity contribution in [2.24, 2.45) is 5.73 Å². The summed E-state index contributed by atoms with van der Waals surface area (Å²) in [4.78, 5) is 14.0. The van der Waals surface area contributed by atoms with Crippen molar-refractivity contribution >= 4 is 6.09 Å². The number of rotatable bonds is 2. The van der Waals surface area contributed by atoms with Crippen molar-refractivity contribution in [2.75, 3.05) is 6.54 Å². The number of amides is 1. The summed E-state index contributed by atoms with van der Waals surface area (Å²) in [6, 6.07) is 7.59. The van der Waals surface area contributed by atoms with Gasteiger partial charge in [-0.2, -0.15) is 0 Å². The zero-order valence-corrected chi connectivity index (χ0v) is 12.9. The van der Waals surface area contributed by atoms with Crippen molar-refractivity contribution in [3.05, 3.63) is 35.4 Å². The van der Waals surface area contributed by atoms with Crippen LogP contribution >= 0.6 is 0 Å². The Morgan fingerprint density at radius 2 is 2.05 bits per heavy atom. The number of benzene rings is 1. The summed E-state index contributed by atoms with van der Waals surface area (Å²) in [6.45, 7) is 6.05. The van der Waals surface area contributed by atoms with Crippen LogP contribution in [0.1, 0.15) is 31.9 Å². The van der Waals surface area contributed by atoms with E-state index < -0.39 is 17.8 Å². The van der Waals surface area contributed by atoms with Gasteiger partial charge >= 0.3 is 6.09 Å². The van der Waals surface area contributed by atoms with Crippen molar-refractivity contribution < 1.29 is 14.6 Å². The van der Waals surface area contributed by atoms with Gasteiger partial charge < -0.3 is 15.6 Å². The molecule has 0 aromatic heterocycles. The second-order valence-electron chi connectivity index (χ2n) is 6.45. The first-order chi connectivity index (χ1) is 9.81. The van der Waals surface area contributed by atoms with E-state index in [2.05, 4.69) is 0 Å². The van der Waals surface area contributed by atoms with Crippen LogP contribution in [0, 0.1) is 0 Å². The number of carbonyl (C=O) groups is 1. The summed E-state index contributed by atoms with van der Waals surface area (Å²) in [7, 11) is 0. The van der Waals surface area contributed by atoms with Crippen molar-refractivity contribution in [2.45, 2.75) is 51.5 Å². The maximum absolute atomic E-state index is 12.4. The molecule has 0 saturated heterocycles. The van der Waals surface area contributed by atoms with Crippen molar-refractivity contribution in [1.29, 1.82) is 0 Å². The number of aliphatic hydroxyl groups is 1. The molecule has 116 valence electrons. The molecule has 5 heteroatoms. The number of carbonyl (C=O) groups excluding carboxylic acids is 1. The van der Waals surface area contributed by atoms with Crippen LogP contribution in [0.3, 0.4) is 0 Å². The van der Waals surface area contributed by atoms with Crippen LogP contribution in [-0.4, -0.2) is 40.4 Å². The molecule has 1 aliphatic heterocycles. The Labute approximate surface area is 125 Å². The molecule has 3 N–H and O–H groups in total. The molecule has 5 nitrogen and oxygen atoms in total. The molecule has 0 aliphatic carbocycles. The predicted octanol–water partition coefficient (Wildman–Crippen LogP) is 1.67. The molecule has 0 spiro atoms. The van der Waals surface area contributed by atoms with E-state index in [0.717, 1.165) is 11.1 Å². The summed E-state index contributed by atoms with van der Waals surface area (Å²) in [5.74, 6) is 0. The Balaban J connectivity index is 2.26. The quantitative estimate of drug-likeness (QED) is 0.869. The van der Waals surface area contributed by atoms with Gasteiger partial charge in [0.25, 0.3) is 0 Å². The van der Waals surface area contributed by atoms with E-state index in [-0.39, 0.29) is 12.6 Å². The van der Waals surface area contributed by atoms with Crippen molar-refractivity contribution in [1.82, 2.24) is 4.90 Å². The number of aliphatic hydroxyl groups excluding tert-OH is 1. The second-order valence-corrected chi connectivity index (χ2v) is 6.45. The monoisotopic (exact) mass is 292 g/mol. The first kappa shape index (κ1) is 15.8. The highest BCUT2D eigenvalue weighted by atomic mass is 16.6. The third kappa shape index (κ3) is 3.74. The minimum absolute atomic E-state index is 0.117. The lowest BCUT2D eigenvalue weighted by atomic mass is 9.91. The Morgan fingerprint density at radius 3 is 2.62 bits per heavy atom. The molecule has 0 bridgehead atoms. The lowest BCUT2D eigenvalue weighted by molar-refractivity contribution is -0.0101. The zero-order valence-electron chi connectivity index (χ0n) is 12.9. The molecule has 1 heterocycles. The minimum atomic E-state index is -0.758. The van der Waals surface area contributed by atoms with Crippen LogP contribution in [0.25, 0.3) is 0 Å². The topological polar surface area (TPSA) is 75.8 Å². The maximum Gasteiger partial charge on any atom is 0.410 e. The van der Waals surface area contributed by atoms with E-state index in [1.807, 2.05) is 45.0 Å². The molecule has 1 aliphatic rings. The molecule has 2 atom stereocenters. The standard InChI is InChI=1S/C16H24N2O3/c1-16(2,3)21-15(20)18-10-12-7-5-4-6-11(12)8-13(18)14(19)9-17/h4-7,13-14,19H,8-10,17H2,1-3H3/t13-,14+/m1/s1. The van der Waals surface area contributed by atoms with Gasteiger partial charge in [-0.05, 0) is 38.3 Å². The van der Waals surface area contributed by atoms with Gasteiger partial charge in [0.2, 0.25) is 0 Å². The van der Waals surface area contributed by atoms with Gasteiger partial charge in [-0.3, -0.25) is 4.90 Å². The molecular weight excluding hydrogens is 268 g/mol. The summed E-state index contributed by atoms with van der Waals surface area (Å²) in [6.07, 6.45) is -0.575. The minimum Gasteiger partial charge on any atom is -0.444 e. The molecule has 0 radical (unpaired) electrons. The van der Waals surface area contributed by atoms with Gasteiger partial charge in [-0.25, -0.2) is 4.79 Å². The predicted molar refractivity (Wildman–Crippen MR) is 80.8 cm³/mol. The van der Waals surface area contributed by atoms with E-state index >= 15 is 0 Å². The third-order valence-electron chi connectivity index (χ3n) is 3.60. The number of hydrogen-bond donors (Lipinski definition) is 2. The van der Waals surface area contributed by atoms with Crippen LogP contribution in [-0.2, 0) is 17.7 Å². The summed E-state index contributed by atoms with van der Waals surface area (Å²) >= 11 is 0. The SMILES string of the molecule is CC(C)(C)OC(=O)N1Cc2ccccc2C[C@@H]1[C@@H](O)CN. The smallest absolute Gasteiger partial charge is 0.410 e. The van der Waals surface area contributed by atoms with Gasteiger partial charge in [-0.15, -0.1) is 0 Å². The van der Waals surface area contributed by atoms with Crippen molar-refractivity contribution in [3.63, 3.8) is 0 Å². The summed E-state index contributed by atoms with van der Waals surface area (Å²) < 4.78 is 5.45. The molecule has 0 fully saturated rings. The summed E-state index contributed by atoms with van der Waals surface area (Å²) in [5, 5.41) is 10.2. The van der Waals surface area contributed by atoms with Gasteiger partial charge in [0.15, 0.2) is 0 Å². The summed E-state index contributed by atoms with van der Waals surface area (Å²) in [5.41, 5.74) is 7.26. The highest BCUT2D eigenvalue weighted by molar-refractivity contribution is 5.69. The van der Waals surface area contributed by atoms with E-state index in [1.54, 1.807) is 4.90 Å². The van der Waals surface area contributed by atoms with Gasteiger partial charge in [0.05, 0.1) is 12.1 Å². The third-order valence-corrected chi connectivity index (χ3v) is 3.60. The molecule has 2 rings (SSSR count). The zero-order chi connectivity index (χ0) is 15.6. The fraction of sp³-hybridized carbons (Fsp3) is 0.562. The molecule has 1 aromatic carbocycles. The van der Waals surface area contributed by atoms with Crippen LogP contribution < -0.4 is 5.73 Å². The molecule has 0 unspecified atom stereocenters. The maximum atomic E-state index is 12.4. The first-order valence-electron chi connectivity index (χ1n) is 7.26. The fourth-order valence-corrected chi connectivity index (χ4v) is 2.57. The highest BCUT2D eigenvalue weighted by Crippen LogP contribution is 2.26. The normalized spacial score (nSPS) is 19.9. The number of nitrogens with zero attached hydrogens (tertiary/aromatic N) is 1.